The van der Waals surface area contributed by atoms with Gasteiger partial charge in [0, 0.05) is 17.8 Å². The summed E-state index contributed by atoms with van der Waals surface area (Å²) in [5.74, 6) is 0.106. The van der Waals surface area contributed by atoms with Gasteiger partial charge in [0.2, 0.25) is 0 Å². The first-order valence-corrected chi connectivity index (χ1v) is 10.3. The highest BCUT2D eigenvalue weighted by Crippen LogP contribution is 2.40. The van der Waals surface area contributed by atoms with E-state index in [9.17, 15) is 4.79 Å². The Balaban J connectivity index is 1.78. The molecule has 1 aliphatic heterocycles. The largest absolute Gasteiger partial charge is 0.361 e. The topological polar surface area (TPSA) is 32.3 Å². The molecule has 0 aliphatic carbocycles. The molecule has 1 unspecified atom stereocenters. The summed E-state index contributed by atoms with van der Waals surface area (Å²) < 4.78 is 0. The number of nitrogens with zero attached hydrogens (tertiary/aromatic N) is 1. The normalized spacial score (nSPS) is 16.1. The standard InChI is InChI=1S/C26H24N2O/c1-2-3-16-28-25(27-23-15-9-8-14-22(23)26(28)29)24-20-12-6-4-10-18(20)17-19-11-5-7-13-21(19)24/h4-15,17,25,27H,2-3,16H2,1H3. The number of carbonyl (C=O) groups excluding carboxylic acids is 1. The summed E-state index contributed by atoms with van der Waals surface area (Å²) in [4.78, 5) is 15.5. The van der Waals surface area contributed by atoms with Crippen molar-refractivity contribution < 1.29 is 4.79 Å². The van der Waals surface area contributed by atoms with Gasteiger partial charge in [-0.05, 0) is 46.2 Å². The van der Waals surface area contributed by atoms with Gasteiger partial charge in [0.1, 0.15) is 6.17 Å². The Labute approximate surface area is 171 Å². The molecular weight excluding hydrogens is 356 g/mol. The molecular formula is C26H24N2O. The van der Waals surface area contributed by atoms with Gasteiger partial charge in [0.25, 0.3) is 5.91 Å². The molecule has 0 aromatic heterocycles. The first-order valence-electron chi connectivity index (χ1n) is 10.3. The van der Waals surface area contributed by atoms with Crippen LogP contribution >= 0.6 is 0 Å². The number of nitrogens with one attached hydrogen (secondary N) is 1. The Hall–Kier alpha value is -3.33. The molecule has 0 fully saturated rings. The van der Waals surface area contributed by atoms with Crippen molar-refractivity contribution in [3.8, 4) is 0 Å². The van der Waals surface area contributed by atoms with Crippen molar-refractivity contribution in [2.75, 3.05) is 11.9 Å². The molecule has 1 heterocycles. The summed E-state index contributed by atoms with van der Waals surface area (Å²) in [6.45, 7) is 2.90. The number of carbonyl (C=O) groups is 1. The minimum atomic E-state index is -0.194. The predicted molar refractivity (Wildman–Crippen MR) is 120 cm³/mol. The van der Waals surface area contributed by atoms with Crippen molar-refractivity contribution in [2.24, 2.45) is 0 Å². The molecule has 1 aliphatic rings. The maximum absolute atomic E-state index is 13.5. The molecule has 0 radical (unpaired) electrons. The van der Waals surface area contributed by atoms with Gasteiger partial charge >= 0.3 is 0 Å². The number of fused-ring (bicyclic) bond motifs is 3. The monoisotopic (exact) mass is 380 g/mol. The molecule has 3 heteroatoms. The summed E-state index contributed by atoms with van der Waals surface area (Å²) in [7, 11) is 0. The van der Waals surface area contributed by atoms with E-state index in [2.05, 4.69) is 66.8 Å². The minimum Gasteiger partial charge on any atom is -0.361 e. The third-order valence-corrected chi connectivity index (χ3v) is 5.86. The van der Waals surface area contributed by atoms with Crippen LogP contribution in [0.1, 0.15) is 41.9 Å². The summed E-state index contributed by atoms with van der Waals surface area (Å²) in [6.07, 6.45) is 1.84. The number of amides is 1. The predicted octanol–water partition coefficient (Wildman–Crippen LogP) is 6.36. The lowest BCUT2D eigenvalue weighted by Gasteiger charge is -2.39. The maximum atomic E-state index is 13.5. The Bertz CT molecular complexity index is 1160. The fraction of sp³-hybridized carbons (Fsp3) is 0.192. The van der Waals surface area contributed by atoms with Crippen LogP contribution in [-0.2, 0) is 0 Å². The Kier molecular flexibility index (Phi) is 4.44. The van der Waals surface area contributed by atoms with Gasteiger partial charge in [-0.15, -0.1) is 0 Å². The van der Waals surface area contributed by atoms with Gasteiger partial charge < -0.3 is 10.2 Å². The number of benzene rings is 4. The Morgan fingerprint density at radius 3 is 2.17 bits per heavy atom. The van der Waals surface area contributed by atoms with Crippen molar-refractivity contribution in [2.45, 2.75) is 25.9 Å². The average Bonchev–Trinajstić information content (AvgIpc) is 2.77. The van der Waals surface area contributed by atoms with E-state index in [1.807, 2.05) is 29.2 Å². The first kappa shape index (κ1) is 17.7. The number of hydrogen-bond acceptors (Lipinski definition) is 2. The van der Waals surface area contributed by atoms with E-state index >= 15 is 0 Å². The highest BCUT2D eigenvalue weighted by Gasteiger charge is 2.34. The van der Waals surface area contributed by atoms with E-state index in [0.717, 1.165) is 30.6 Å². The quantitative estimate of drug-likeness (QED) is 0.418. The second-order valence-corrected chi connectivity index (χ2v) is 7.68. The van der Waals surface area contributed by atoms with Crippen LogP contribution in [0.4, 0.5) is 5.69 Å². The lowest BCUT2D eigenvalue weighted by Crippen LogP contribution is -2.43. The van der Waals surface area contributed by atoms with Crippen molar-refractivity contribution in [1.29, 1.82) is 0 Å². The molecule has 5 rings (SSSR count). The molecule has 29 heavy (non-hydrogen) atoms. The third-order valence-electron chi connectivity index (χ3n) is 5.86. The Morgan fingerprint density at radius 1 is 0.862 bits per heavy atom. The minimum absolute atomic E-state index is 0.106. The fourth-order valence-electron chi connectivity index (χ4n) is 4.42. The Morgan fingerprint density at radius 2 is 1.48 bits per heavy atom. The van der Waals surface area contributed by atoms with Crippen molar-refractivity contribution in [3.05, 3.63) is 90.0 Å². The molecule has 0 saturated heterocycles. The fourth-order valence-corrected chi connectivity index (χ4v) is 4.42. The van der Waals surface area contributed by atoms with Gasteiger partial charge in [0.05, 0.1) is 5.56 Å². The molecule has 4 aromatic carbocycles. The van der Waals surface area contributed by atoms with Crippen LogP contribution in [0, 0.1) is 0 Å². The van der Waals surface area contributed by atoms with Gasteiger partial charge in [-0.1, -0.05) is 74.0 Å². The van der Waals surface area contributed by atoms with Crippen molar-refractivity contribution in [1.82, 2.24) is 4.90 Å². The summed E-state index contributed by atoms with van der Waals surface area (Å²) in [5, 5.41) is 8.47. The lowest BCUT2D eigenvalue weighted by atomic mass is 9.92. The van der Waals surface area contributed by atoms with Crippen LogP contribution in [0.5, 0.6) is 0 Å². The van der Waals surface area contributed by atoms with E-state index in [-0.39, 0.29) is 12.1 Å². The molecule has 1 atom stereocenters. The number of anilines is 1. The molecule has 144 valence electrons. The zero-order valence-electron chi connectivity index (χ0n) is 16.6. The van der Waals surface area contributed by atoms with Crippen molar-refractivity contribution in [3.63, 3.8) is 0 Å². The van der Waals surface area contributed by atoms with Crippen LogP contribution in [0.15, 0.2) is 78.9 Å². The average molecular weight is 380 g/mol. The van der Waals surface area contributed by atoms with Gasteiger partial charge in [-0.3, -0.25) is 4.79 Å². The summed E-state index contributed by atoms with van der Waals surface area (Å²) in [6, 6.07) is 27.0. The van der Waals surface area contributed by atoms with Crippen LogP contribution in [-0.4, -0.2) is 17.4 Å². The van der Waals surface area contributed by atoms with Gasteiger partial charge in [-0.25, -0.2) is 0 Å². The van der Waals surface area contributed by atoms with Gasteiger partial charge in [-0.2, -0.15) is 0 Å². The molecule has 1 amide bonds. The maximum Gasteiger partial charge on any atom is 0.257 e. The second kappa shape index (κ2) is 7.25. The third kappa shape index (κ3) is 2.94. The first-order chi connectivity index (χ1) is 14.3. The van der Waals surface area contributed by atoms with E-state index in [4.69, 9.17) is 0 Å². The highest BCUT2D eigenvalue weighted by molar-refractivity contribution is 6.06. The zero-order chi connectivity index (χ0) is 19.8. The van der Waals surface area contributed by atoms with Crippen molar-refractivity contribution >= 4 is 33.1 Å². The van der Waals surface area contributed by atoms with Crippen LogP contribution in [0.25, 0.3) is 21.5 Å². The SMILES string of the molecule is CCCCN1C(=O)c2ccccc2NC1c1c2ccccc2cc2ccccc12. The van der Waals surface area contributed by atoms with Crippen LogP contribution in [0.3, 0.4) is 0 Å². The molecule has 0 spiro atoms. The van der Waals surface area contributed by atoms with Crippen LogP contribution < -0.4 is 5.32 Å². The number of para-hydroxylation sites is 1. The van der Waals surface area contributed by atoms with Gasteiger partial charge in [0.15, 0.2) is 0 Å². The smallest absolute Gasteiger partial charge is 0.257 e. The molecule has 0 bridgehead atoms. The zero-order valence-corrected chi connectivity index (χ0v) is 16.6. The molecule has 3 nitrogen and oxygen atoms in total. The summed E-state index contributed by atoms with van der Waals surface area (Å²) in [5.41, 5.74) is 2.84. The molecule has 1 N–H and O–H groups in total. The van der Waals surface area contributed by atoms with E-state index < -0.39 is 0 Å². The van der Waals surface area contributed by atoms with E-state index in [1.165, 1.54) is 27.1 Å². The summed E-state index contributed by atoms with van der Waals surface area (Å²) >= 11 is 0. The van der Waals surface area contributed by atoms with E-state index in [1.54, 1.807) is 0 Å². The second-order valence-electron chi connectivity index (χ2n) is 7.68. The van der Waals surface area contributed by atoms with Crippen LogP contribution in [0.2, 0.25) is 0 Å². The molecule has 0 saturated carbocycles. The highest BCUT2D eigenvalue weighted by atomic mass is 16.2. The lowest BCUT2D eigenvalue weighted by molar-refractivity contribution is 0.0682. The number of rotatable bonds is 4. The van der Waals surface area contributed by atoms with E-state index in [0.29, 0.717) is 0 Å². The number of unbranched alkanes of at least 4 members (excludes halogenated alkanes) is 1. The molecule has 4 aromatic rings. The number of hydrogen-bond donors (Lipinski definition) is 1.